The zero-order valence-electron chi connectivity index (χ0n) is 7.88. The Morgan fingerprint density at radius 2 is 2.50 bits per heavy atom. The second kappa shape index (κ2) is 6.16. The van der Waals surface area contributed by atoms with Crippen molar-refractivity contribution in [3.63, 3.8) is 0 Å². The summed E-state index contributed by atoms with van der Waals surface area (Å²) in [6.45, 7) is 1.45. The molecule has 0 atom stereocenters. The van der Waals surface area contributed by atoms with Crippen molar-refractivity contribution < 1.29 is 9.53 Å². The van der Waals surface area contributed by atoms with Crippen LogP contribution in [0.5, 0.6) is 0 Å². The van der Waals surface area contributed by atoms with Crippen LogP contribution in [-0.4, -0.2) is 19.6 Å². The molecule has 0 radical (unpaired) electrons. The predicted octanol–water partition coefficient (Wildman–Crippen LogP) is 2.16. The fourth-order valence-electron chi connectivity index (χ4n) is 0.951. The Kier molecular flexibility index (Phi) is 5.14. The van der Waals surface area contributed by atoms with E-state index in [4.69, 9.17) is 0 Å². The molecule has 0 aromatic carbocycles. The van der Waals surface area contributed by atoms with E-state index in [1.165, 1.54) is 12.0 Å². The van der Waals surface area contributed by atoms with Crippen LogP contribution in [0.2, 0.25) is 0 Å². The maximum Gasteiger partial charge on any atom is 0.306 e. The van der Waals surface area contributed by atoms with Crippen LogP contribution in [0.1, 0.15) is 11.3 Å². The maximum absolute atomic E-state index is 10.8. The SMILES string of the molecule is COC(=O)CCNCc1cc(Br)cs1. The summed E-state index contributed by atoms with van der Waals surface area (Å²) in [4.78, 5) is 12.0. The third-order valence-corrected chi connectivity index (χ3v) is 3.35. The molecule has 0 aliphatic heterocycles. The summed E-state index contributed by atoms with van der Waals surface area (Å²) in [5.41, 5.74) is 0. The quantitative estimate of drug-likeness (QED) is 0.662. The number of nitrogens with one attached hydrogen (secondary N) is 1. The highest BCUT2D eigenvalue weighted by molar-refractivity contribution is 9.10. The van der Waals surface area contributed by atoms with E-state index in [1.54, 1.807) is 11.3 Å². The summed E-state index contributed by atoms with van der Waals surface area (Å²) >= 11 is 5.07. The molecule has 1 aromatic rings. The number of thiophene rings is 1. The predicted molar refractivity (Wildman–Crippen MR) is 60.4 cm³/mol. The van der Waals surface area contributed by atoms with E-state index in [2.05, 4.69) is 32.0 Å². The molecule has 0 amide bonds. The monoisotopic (exact) mass is 277 g/mol. The average Bonchev–Trinajstić information content (AvgIpc) is 2.58. The maximum atomic E-state index is 10.8. The molecule has 1 N–H and O–H groups in total. The van der Waals surface area contributed by atoms with E-state index in [1.807, 2.05) is 5.38 Å². The van der Waals surface area contributed by atoms with Gasteiger partial charge in [0, 0.05) is 27.8 Å². The van der Waals surface area contributed by atoms with Crippen molar-refractivity contribution in [2.24, 2.45) is 0 Å². The van der Waals surface area contributed by atoms with Crippen LogP contribution < -0.4 is 5.32 Å². The molecule has 0 aliphatic rings. The van der Waals surface area contributed by atoms with Crippen LogP contribution in [0, 0.1) is 0 Å². The molecule has 1 aromatic heterocycles. The summed E-state index contributed by atoms with van der Waals surface area (Å²) in [5, 5.41) is 5.21. The molecule has 0 saturated heterocycles. The summed E-state index contributed by atoms with van der Waals surface area (Å²) in [6, 6.07) is 2.07. The minimum absolute atomic E-state index is 0.176. The number of halogens is 1. The number of esters is 1. The van der Waals surface area contributed by atoms with Gasteiger partial charge in [-0.2, -0.15) is 0 Å². The van der Waals surface area contributed by atoms with Crippen LogP contribution >= 0.6 is 27.3 Å². The third-order valence-electron chi connectivity index (χ3n) is 1.65. The molecule has 1 rings (SSSR count). The number of rotatable bonds is 5. The number of carbonyl (C=O) groups is 1. The molecule has 78 valence electrons. The van der Waals surface area contributed by atoms with Gasteiger partial charge in [-0.05, 0) is 22.0 Å². The van der Waals surface area contributed by atoms with Crippen LogP contribution in [0.25, 0.3) is 0 Å². The van der Waals surface area contributed by atoms with Crippen molar-refractivity contribution in [2.45, 2.75) is 13.0 Å². The molecule has 0 spiro atoms. The lowest BCUT2D eigenvalue weighted by molar-refractivity contribution is -0.140. The van der Waals surface area contributed by atoms with Crippen LogP contribution in [0.15, 0.2) is 15.9 Å². The van der Waals surface area contributed by atoms with Gasteiger partial charge in [0.1, 0.15) is 0 Å². The molecule has 0 fully saturated rings. The second-order valence-electron chi connectivity index (χ2n) is 2.73. The highest BCUT2D eigenvalue weighted by Gasteiger charge is 2.00. The van der Waals surface area contributed by atoms with Crippen molar-refractivity contribution in [3.05, 3.63) is 20.8 Å². The molecule has 5 heteroatoms. The van der Waals surface area contributed by atoms with Crippen molar-refractivity contribution in [2.75, 3.05) is 13.7 Å². The number of hydrogen-bond acceptors (Lipinski definition) is 4. The van der Waals surface area contributed by atoms with E-state index in [0.717, 1.165) is 11.0 Å². The lowest BCUT2D eigenvalue weighted by Gasteiger charge is -2.01. The van der Waals surface area contributed by atoms with Gasteiger partial charge in [0.15, 0.2) is 0 Å². The van der Waals surface area contributed by atoms with Crippen molar-refractivity contribution in [3.8, 4) is 0 Å². The van der Waals surface area contributed by atoms with Crippen molar-refractivity contribution in [1.82, 2.24) is 5.32 Å². The van der Waals surface area contributed by atoms with E-state index in [-0.39, 0.29) is 5.97 Å². The highest BCUT2D eigenvalue weighted by Crippen LogP contribution is 2.19. The van der Waals surface area contributed by atoms with Gasteiger partial charge in [-0.15, -0.1) is 11.3 Å². The van der Waals surface area contributed by atoms with Gasteiger partial charge in [0.25, 0.3) is 0 Å². The Morgan fingerprint density at radius 3 is 3.07 bits per heavy atom. The molecule has 0 unspecified atom stereocenters. The Balaban J connectivity index is 2.13. The van der Waals surface area contributed by atoms with Crippen LogP contribution in [-0.2, 0) is 16.1 Å². The third kappa shape index (κ3) is 4.21. The number of carbonyl (C=O) groups excluding carboxylic acids is 1. The topological polar surface area (TPSA) is 38.3 Å². The van der Waals surface area contributed by atoms with E-state index >= 15 is 0 Å². The molecular formula is C9H12BrNO2S. The van der Waals surface area contributed by atoms with Crippen LogP contribution in [0.3, 0.4) is 0 Å². The number of ether oxygens (including phenoxy) is 1. The summed E-state index contributed by atoms with van der Waals surface area (Å²) in [5.74, 6) is -0.176. The van der Waals surface area contributed by atoms with Gasteiger partial charge in [0.2, 0.25) is 0 Å². The smallest absolute Gasteiger partial charge is 0.306 e. The summed E-state index contributed by atoms with van der Waals surface area (Å²) in [6.07, 6.45) is 0.420. The van der Waals surface area contributed by atoms with Gasteiger partial charge in [-0.3, -0.25) is 4.79 Å². The van der Waals surface area contributed by atoms with Gasteiger partial charge in [-0.1, -0.05) is 0 Å². The fourth-order valence-corrected chi connectivity index (χ4v) is 2.37. The fraction of sp³-hybridized carbons (Fsp3) is 0.444. The largest absolute Gasteiger partial charge is 0.469 e. The van der Waals surface area contributed by atoms with E-state index in [9.17, 15) is 4.79 Å². The molecule has 1 heterocycles. The molecule has 0 bridgehead atoms. The molecular weight excluding hydrogens is 266 g/mol. The van der Waals surface area contributed by atoms with Gasteiger partial charge in [0.05, 0.1) is 13.5 Å². The Hall–Kier alpha value is -0.390. The minimum atomic E-state index is -0.176. The first-order chi connectivity index (χ1) is 6.72. The van der Waals surface area contributed by atoms with Gasteiger partial charge >= 0.3 is 5.97 Å². The standard InChI is InChI=1S/C9H12BrNO2S/c1-13-9(12)2-3-11-5-8-4-7(10)6-14-8/h4,6,11H,2-3,5H2,1H3. The number of methoxy groups -OCH3 is 1. The Labute approximate surface area is 95.6 Å². The average molecular weight is 278 g/mol. The lowest BCUT2D eigenvalue weighted by atomic mass is 10.4. The first-order valence-corrected chi connectivity index (χ1v) is 5.90. The number of hydrogen-bond donors (Lipinski definition) is 1. The van der Waals surface area contributed by atoms with Crippen LogP contribution in [0.4, 0.5) is 0 Å². The first kappa shape index (κ1) is 11.7. The summed E-state index contributed by atoms with van der Waals surface area (Å²) < 4.78 is 5.63. The minimum Gasteiger partial charge on any atom is -0.469 e. The molecule has 0 saturated carbocycles. The van der Waals surface area contributed by atoms with Gasteiger partial charge in [-0.25, -0.2) is 0 Å². The zero-order chi connectivity index (χ0) is 10.4. The van der Waals surface area contributed by atoms with Crippen molar-refractivity contribution in [1.29, 1.82) is 0 Å². The Morgan fingerprint density at radius 1 is 1.71 bits per heavy atom. The highest BCUT2D eigenvalue weighted by atomic mass is 79.9. The Bertz CT molecular complexity index is 301. The normalized spacial score (nSPS) is 10.1. The molecule has 0 aliphatic carbocycles. The zero-order valence-corrected chi connectivity index (χ0v) is 10.3. The van der Waals surface area contributed by atoms with E-state index in [0.29, 0.717) is 13.0 Å². The first-order valence-electron chi connectivity index (χ1n) is 4.23. The second-order valence-corrected chi connectivity index (χ2v) is 4.65. The lowest BCUT2D eigenvalue weighted by Crippen LogP contribution is -2.17. The molecule has 3 nitrogen and oxygen atoms in total. The van der Waals surface area contributed by atoms with Gasteiger partial charge < -0.3 is 10.1 Å². The van der Waals surface area contributed by atoms with Crippen molar-refractivity contribution >= 4 is 33.2 Å². The summed E-state index contributed by atoms with van der Waals surface area (Å²) in [7, 11) is 1.40. The molecule has 14 heavy (non-hydrogen) atoms. The van der Waals surface area contributed by atoms with E-state index < -0.39 is 0 Å².